The number of ether oxygens (including phenoxy) is 2. The van der Waals surface area contributed by atoms with E-state index in [1.54, 1.807) is 31.4 Å². The number of methoxy groups -OCH3 is 1. The van der Waals surface area contributed by atoms with Crippen LogP contribution in [0.4, 0.5) is 0 Å². The molecule has 162 valence electrons. The van der Waals surface area contributed by atoms with Crippen molar-refractivity contribution >= 4 is 17.4 Å². The lowest BCUT2D eigenvalue weighted by atomic mass is 9.98. The third-order valence-corrected chi connectivity index (χ3v) is 5.40. The Balaban J connectivity index is 1.54. The zero-order chi connectivity index (χ0) is 22.5. The van der Waals surface area contributed by atoms with Gasteiger partial charge in [-0.25, -0.2) is 5.01 Å². The minimum Gasteiger partial charge on any atom is -0.497 e. The molecule has 0 aromatic heterocycles. The van der Waals surface area contributed by atoms with Crippen LogP contribution in [0.15, 0.2) is 84.0 Å². The highest BCUT2D eigenvalue weighted by atomic mass is 16.5. The number of hydrazone groups is 1. The van der Waals surface area contributed by atoms with E-state index in [4.69, 9.17) is 9.47 Å². The Kier molecular flexibility index (Phi) is 6.31. The van der Waals surface area contributed by atoms with Gasteiger partial charge in [-0.2, -0.15) is 5.10 Å². The maximum absolute atomic E-state index is 13.1. The number of hydrogen-bond acceptors (Lipinski definition) is 5. The topological polar surface area (TPSA) is 68.2 Å². The van der Waals surface area contributed by atoms with Crippen LogP contribution in [0, 0.1) is 0 Å². The summed E-state index contributed by atoms with van der Waals surface area (Å²) >= 11 is 0. The van der Waals surface area contributed by atoms with Gasteiger partial charge in [-0.3, -0.25) is 9.59 Å². The fraction of sp³-hybridized carbons (Fsp3) is 0.192. The van der Waals surface area contributed by atoms with E-state index in [9.17, 15) is 9.59 Å². The van der Waals surface area contributed by atoms with Crippen LogP contribution in [0.2, 0.25) is 0 Å². The summed E-state index contributed by atoms with van der Waals surface area (Å²) in [5.74, 6) is 1.02. The number of nitrogens with zero attached hydrogens (tertiary/aromatic N) is 2. The van der Waals surface area contributed by atoms with Crippen LogP contribution in [-0.4, -0.2) is 36.1 Å². The van der Waals surface area contributed by atoms with Crippen molar-refractivity contribution < 1.29 is 19.1 Å². The van der Waals surface area contributed by atoms with Gasteiger partial charge < -0.3 is 9.47 Å². The predicted molar refractivity (Wildman–Crippen MR) is 122 cm³/mol. The molecule has 3 aromatic carbocycles. The first-order chi connectivity index (χ1) is 15.5. The fourth-order valence-corrected chi connectivity index (χ4v) is 3.63. The van der Waals surface area contributed by atoms with E-state index in [1.807, 2.05) is 54.6 Å². The molecule has 6 nitrogen and oxygen atoms in total. The molecule has 6 heteroatoms. The summed E-state index contributed by atoms with van der Waals surface area (Å²) in [6, 6.07) is 24.0. The Morgan fingerprint density at radius 3 is 2.22 bits per heavy atom. The molecule has 1 aliphatic heterocycles. The van der Waals surface area contributed by atoms with E-state index < -0.39 is 0 Å². The Labute approximate surface area is 187 Å². The van der Waals surface area contributed by atoms with Gasteiger partial charge in [0.15, 0.2) is 12.4 Å². The summed E-state index contributed by atoms with van der Waals surface area (Å²) in [7, 11) is 1.62. The molecule has 3 aromatic rings. The Hall–Kier alpha value is -3.93. The molecule has 1 atom stereocenters. The summed E-state index contributed by atoms with van der Waals surface area (Å²) in [6.45, 7) is 1.35. The van der Waals surface area contributed by atoms with Gasteiger partial charge in [-0.05, 0) is 54.4 Å². The lowest BCUT2D eigenvalue weighted by molar-refractivity contribution is -0.135. The average Bonchev–Trinajstić information content (AvgIpc) is 3.29. The first-order valence-electron chi connectivity index (χ1n) is 10.4. The van der Waals surface area contributed by atoms with Gasteiger partial charge in [-0.15, -0.1) is 0 Å². The summed E-state index contributed by atoms with van der Waals surface area (Å²) < 4.78 is 10.9. The fourth-order valence-electron chi connectivity index (χ4n) is 3.63. The zero-order valence-electron chi connectivity index (χ0n) is 18.0. The molecule has 0 saturated carbocycles. The number of rotatable bonds is 7. The second-order valence-corrected chi connectivity index (χ2v) is 7.51. The molecule has 0 N–H and O–H groups in total. The maximum Gasteiger partial charge on any atom is 0.281 e. The maximum atomic E-state index is 13.1. The smallest absolute Gasteiger partial charge is 0.281 e. The molecule has 0 saturated heterocycles. The van der Waals surface area contributed by atoms with Crippen molar-refractivity contribution in [3.05, 3.63) is 95.6 Å². The minimum atomic E-state index is -0.243. The largest absolute Gasteiger partial charge is 0.497 e. The van der Waals surface area contributed by atoms with Crippen molar-refractivity contribution in [2.45, 2.75) is 19.4 Å². The SMILES string of the molecule is COc1ccc(C2CC(c3ccccc3)=NN2C(=O)COc2ccc(C(C)=O)cc2)cc1. The van der Waals surface area contributed by atoms with Crippen molar-refractivity contribution in [1.82, 2.24) is 5.01 Å². The average molecular weight is 428 g/mol. The molecule has 0 aliphatic carbocycles. The Morgan fingerprint density at radius 2 is 1.59 bits per heavy atom. The van der Waals surface area contributed by atoms with Crippen molar-refractivity contribution in [1.29, 1.82) is 0 Å². The van der Waals surface area contributed by atoms with Crippen LogP contribution in [-0.2, 0) is 4.79 Å². The second kappa shape index (κ2) is 9.47. The summed E-state index contributed by atoms with van der Waals surface area (Å²) in [6.07, 6.45) is 0.607. The molecule has 1 aliphatic rings. The lowest BCUT2D eigenvalue weighted by Crippen LogP contribution is -2.31. The number of benzene rings is 3. The Bertz CT molecular complexity index is 1120. The van der Waals surface area contributed by atoms with Gasteiger partial charge in [0.2, 0.25) is 0 Å². The minimum absolute atomic E-state index is 0.0187. The quantitative estimate of drug-likeness (QED) is 0.514. The third-order valence-electron chi connectivity index (χ3n) is 5.40. The van der Waals surface area contributed by atoms with Crippen molar-refractivity contribution in [3.63, 3.8) is 0 Å². The second-order valence-electron chi connectivity index (χ2n) is 7.51. The first-order valence-corrected chi connectivity index (χ1v) is 10.4. The van der Waals surface area contributed by atoms with E-state index in [2.05, 4.69) is 5.10 Å². The predicted octanol–water partition coefficient (Wildman–Crippen LogP) is 4.65. The molecular weight excluding hydrogens is 404 g/mol. The van der Waals surface area contributed by atoms with Gasteiger partial charge in [-0.1, -0.05) is 42.5 Å². The number of carbonyl (C=O) groups excluding carboxylic acids is 2. The van der Waals surface area contributed by atoms with E-state index in [0.717, 1.165) is 22.6 Å². The molecule has 0 radical (unpaired) electrons. The standard InChI is InChI=1S/C26H24N2O4/c1-18(29)19-8-14-23(15-9-19)32-17-26(30)28-25(21-10-12-22(31-2)13-11-21)16-24(27-28)20-6-4-3-5-7-20/h3-15,25H,16-17H2,1-2H3. The number of amides is 1. The van der Waals surface area contributed by atoms with Crippen molar-refractivity contribution in [3.8, 4) is 11.5 Å². The third kappa shape index (κ3) is 4.70. The summed E-state index contributed by atoms with van der Waals surface area (Å²) in [5.41, 5.74) is 3.41. The van der Waals surface area contributed by atoms with Crippen LogP contribution in [0.1, 0.15) is 40.9 Å². The summed E-state index contributed by atoms with van der Waals surface area (Å²) in [4.78, 5) is 24.5. The molecule has 1 unspecified atom stereocenters. The molecule has 0 spiro atoms. The monoisotopic (exact) mass is 428 g/mol. The van der Waals surface area contributed by atoms with Gasteiger partial charge in [0, 0.05) is 12.0 Å². The lowest BCUT2D eigenvalue weighted by Gasteiger charge is -2.22. The van der Waals surface area contributed by atoms with Gasteiger partial charge in [0.05, 0.1) is 18.9 Å². The number of carbonyl (C=O) groups is 2. The van der Waals surface area contributed by atoms with Crippen LogP contribution < -0.4 is 9.47 Å². The molecule has 1 heterocycles. The van der Waals surface area contributed by atoms with E-state index in [1.165, 1.54) is 11.9 Å². The number of Topliss-reactive ketones (excluding diaryl/α,β-unsaturated/α-hetero) is 1. The zero-order valence-corrected chi connectivity index (χ0v) is 18.0. The van der Waals surface area contributed by atoms with Crippen LogP contribution in [0.3, 0.4) is 0 Å². The van der Waals surface area contributed by atoms with E-state index >= 15 is 0 Å². The number of ketones is 1. The van der Waals surface area contributed by atoms with Gasteiger partial charge in [0.25, 0.3) is 5.91 Å². The highest BCUT2D eigenvalue weighted by molar-refractivity contribution is 6.03. The van der Waals surface area contributed by atoms with E-state index in [0.29, 0.717) is 17.7 Å². The highest BCUT2D eigenvalue weighted by Gasteiger charge is 2.33. The van der Waals surface area contributed by atoms with Crippen molar-refractivity contribution in [2.24, 2.45) is 5.10 Å². The van der Waals surface area contributed by atoms with Crippen LogP contribution >= 0.6 is 0 Å². The Morgan fingerprint density at radius 1 is 0.938 bits per heavy atom. The molecule has 1 amide bonds. The molecular formula is C26H24N2O4. The normalized spacial score (nSPS) is 15.2. The van der Waals surface area contributed by atoms with Crippen molar-refractivity contribution in [2.75, 3.05) is 13.7 Å². The molecule has 32 heavy (non-hydrogen) atoms. The van der Waals surface area contributed by atoms with Gasteiger partial charge >= 0.3 is 0 Å². The van der Waals surface area contributed by atoms with Crippen LogP contribution in [0.25, 0.3) is 0 Å². The van der Waals surface area contributed by atoms with Crippen LogP contribution in [0.5, 0.6) is 11.5 Å². The van der Waals surface area contributed by atoms with Gasteiger partial charge in [0.1, 0.15) is 11.5 Å². The molecule has 0 bridgehead atoms. The first kappa shape index (κ1) is 21.3. The molecule has 0 fully saturated rings. The summed E-state index contributed by atoms with van der Waals surface area (Å²) in [5, 5.41) is 6.16. The molecule has 4 rings (SSSR count). The number of hydrogen-bond donors (Lipinski definition) is 0. The highest BCUT2D eigenvalue weighted by Crippen LogP contribution is 2.33. The van der Waals surface area contributed by atoms with E-state index in [-0.39, 0.29) is 24.3 Å².